The molecule has 0 spiro atoms. The van der Waals surface area contributed by atoms with Gasteiger partial charge in [0.1, 0.15) is 12.1 Å². The minimum atomic E-state index is -1.13. The number of aliphatic carboxylic acids is 1. The van der Waals surface area contributed by atoms with Gasteiger partial charge < -0.3 is 15.7 Å². The number of carbonyl (C=O) groups excluding carboxylic acids is 3. The van der Waals surface area contributed by atoms with Gasteiger partial charge >= 0.3 is 12.0 Å². The van der Waals surface area contributed by atoms with Gasteiger partial charge in [0.2, 0.25) is 11.8 Å². The van der Waals surface area contributed by atoms with Crippen LogP contribution in [-0.2, 0) is 14.4 Å². The second kappa shape index (κ2) is 7.73. The summed E-state index contributed by atoms with van der Waals surface area (Å²) >= 11 is 1.47. The fourth-order valence-electron chi connectivity index (χ4n) is 1.68. The lowest BCUT2D eigenvalue weighted by Crippen LogP contribution is -2.56. The van der Waals surface area contributed by atoms with Crippen molar-refractivity contribution in [3.63, 3.8) is 0 Å². The summed E-state index contributed by atoms with van der Waals surface area (Å²) in [4.78, 5) is 45.0. The molecule has 112 valence electrons. The summed E-state index contributed by atoms with van der Waals surface area (Å²) in [6.45, 7) is 0. The van der Waals surface area contributed by atoms with Gasteiger partial charge in [0, 0.05) is 6.42 Å². The van der Waals surface area contributed by atoms with Crippen molar-refractivity contribution in [2.75, 3.05) is 12.0 Å². The topological polar surface area (TPSA) is 125 Å². The van der Waals surface area contributed by atoms with Crippen LogP contribution >= 0.6 is 11.8 Å². The molecule has 20 heavy (non-hydrogen) atoms. The molecule has 2 atom stereocenters. The molecule has 1 heterocycles. The first-order valence-electron chi connectivity index (χ1n) is 6.06. The molecule has 4 N–H and O–H groups in total. The van der Waals surface area contributed by atoms with Gasteiger partial charge in [-0.3, -0.25) is 14.9 Å². The highest BCUT2D eigenvalue weighted by molar-refractivity contribution is 7.98. The normalized spacial score (nSPS) is 19.9. The van der Waals surface area contributed by atoms with Crippen molar-refractivity contribution in [1.82, 2.24) is 16.0 Å². The van der Waals surface area contributed by atoms with E-state index >= 15 is 0 Å². The zero-order valence-corrected chi connectivity index (χ0v) is 11.8. The Morgan fingerprint density at radius 1 is 1.50 bits per heavy atom. The van der Waals surface area contributed by atoms with Crippen molar-refractivity contribution in [3.8, 4) is 0 Å². The van der Waals surface area contributed by atoms with Crippen molar-refractivity contribution in [3.05, 3.63) is 0 Å². The summed E-state index contributed by atoms with van der Waals surface area (Å²) in [5.74, 6) is -1.49. The average Bonchev–Trinajstić information content (AvgIpc) is 2.37. The highest BCUT2D eigenvalue weighted by atomic mass is 32.2. The van der Waals surface area contributed by atoms with Crippen LogP contribution in [0, 0.1) is 0 Å². The molecular formula is C11H17N3O5S. The maximum absolute atomic E-state index is 11.7. The number of carboxylic acids is 1. The second-order valence-electron chi connectivity index (χ2n) is 4.29. The van der Waals surface area contributed by atoms with Gasteiger partial charge in [-0.2, -0.15) is 11.8 Å². The number of piperidine rings is 1. The number of nitrogens with one attached hydrogen (secondary N) is 3. The van der Waals surface area contributed by atoms with Gasteiger partial charge in [-0.05, 0) is 24.9 Å². The van der Waals surface area contributed by atoms with E-state index in [1.165, 1.54) is 11.8 Å². The summed E-state index contributed by atoms with van der Waals surface area (Å²) in [5, 5.41) is 15.7. The highest BCUT2D eigenvalue weighted by Gasteiger charge is 2.29. The summed E-state index contributed by atoms with van der Waals surface area (Å²) in [5.41, 5.74) is 0. The molecule has 0 aromatic carbocycles. The Morgan fingerprint density at radius 3 is 2.75 bits per heavy atom. The van der Waals surface area contributed by atoms with Crippen LogP contribution in [0.2, 0.25) is 0 Å². The van der Waals surface area contributed by atoms with Crippen LogP contribution in [0.5, 0.6) is 0 Å². The maximum Gasteiger partial charge on any atom is 0.326 e. The highest BCUT2D eigenvalue weighted by Crippen LogP contribution is 2.05. The van der Waals surface area contributed by atoms with E-state index in [-0.39, 0.29) is 18.7 Å². The minimum absolute atomic E-state index is 0.144. The number of hydrogen-bond acceptors (Lipinski definition) is 5. The van der Waals surface area contributed by atoms with Gasteiger partial charge in [0.15, 0.2) is 0 Å². The molecule has 0 radical (unpaired) electrons. The van der Waals surface area contributed by atoms with Gasteiger partial charge in [-0.25, -0.2) is 9.59 Å². The molecule has 0 aromatic heterocycles. The smallest absolute Gasteiger partial charge is 0.326 e. The Morgan fingerprint density at radius 2 is 2.20 bits per heavy atom. The predicted molar refractivity (Wildman–Crippen MR) is 72.3 cm³/mol. The lowest BCUT2D eigenvalue weighted by atomic mass is 10.1. The van der Waals surface area contributed by atoms with E-state index in [4.69, 9.17) is 5.11 Å². The molecule has 1 unspecified atom stereocenters. The van der Waals surface area contributed by atoms with Crippen LogP contribution in [0.1, 0.15) is 19.3 Å². The van der Waals surface area contributed by atoms with Crippen LogP contribution in [0.15, 0.2) is 0 Å². The molecule has 1 aliphatic heterocycles. The molecular weight excluding hydrogens is 286 g/mol. The van der Waals surface area contributed by atoms with Gasteiger partial charge in [-0.1, -0.05) is 0 Å². The first-order valence-corrected chi connectivity index (χ1v) is 7.46. The van der Waals surface area contributed by atoms with Crippen LogP contribution < -0.4 is 16.0 Å². The first-order chi connectivity index (χ1) is 9.43. The molecule has 8 nitrogen and oxygen atoms in total. The molecule has 1 fully saturated rings. The molecule has 4 amide bonds. The van der Waals surface area contributed by atoms with Crippen molar-refractivity contribution >= 4 is 35.6 Å². The van der Waals surface area contributed by atoms with Crippen molar-refractivity contribution in [2.24, 2.45) is 0 Å². The predicted octanol–water partition coefficient (Wildman–Crippen LogP) is -0.703. The van der Waals surface area contributed by atoms with Crippen molar-refractivity contribution < 1.29 is 24.3 Å². The van der Waals surface area contributed by atoms with Gasteiger partial charge in [0.05, 0.1) is 0 Å². The summed E-state index contributed by atoms with van der Waals surface area (Å²) in [7, 11) is 0. The summed E-state index contributed by atoms with van der Waals surface area (Å²) < 4.78 is 0. The summed E-state index contributed by atoms with van der Waals surface area (Å²) in [6.07, 6.45) is 2.48. The number of carbonyl (C=O) groups is 4. The number of urea groups is 1. The average molecular weight is 303 g/mol. The third kappa shape index (κ3) is 5.08. The molecule has 1 rings (SSSR count). The van der Waals surface area contributed by atoms with Crippen LogP contribution in [0.4, 0.5) is 4.79 Å². The number of rotatable bonds is 6. The molecule has 0 saturated carbocycles. The Balaban J connectivity index is 2.47. The lowest BCUT2D eigenvalue weighted by molar-refractivity contribution is -0.139. The zero-order chi connectivity index (χ0) is 15.1. The monoisotopic (exact) mass is 303 g/mol. The van der Waals surface area contributed by atoms with E-state index in [0.29, 0.717) is 12.2 Å². The molecule has 0 aromatic rings. The third-order valence-corrected chi connectivity index (χ3v) is 3.40. The molecule has 0 bridgehead atoms. The zero-order valence-electron chi connectivity index (χ0n) is 11.0. The molecule has 0 aliphatic carbocycles. The van der Waals surface area contributed by atoms with E-state index in [1.807, 2.05) is 6.26 Å². The number of carboxylic acid groups (broad SMARTS) is 1. The van der Waals surface area contributed by atoms with Crippen molar-refractivity contribution in [2.45, 2.75) is 31.3 Å². The molecule has 1 aliphatic rings. The second-order valence-corrected chi connectivity index (χ2v) is 5.28. The SMILES string of the molecule is CSCC[C@@H](NC(=O)NC1CCC(=O)NC1=O)C(=O)O. The standard InChI is InChI=1S/C11H17N3O5S/c1-20-5-4-7(10(17)18)13-11(19)12-6-2-3-8(15)14-9(6)16/h6-7H,2-5H2,1H3,(H,17,18)(H2,12,13,19)(H,14,15,16)/t6?,7-/m1/s1. The Hall–Kier alpha value is -1.77. The number of hydrogen-bond donors (Lipinski definition) is 4. The maximum atomic E-state index is 11.7. The van der Waals surface area contributed by atoms with Crippen LogP contribution in [0.25, 0.3) is 0 Å². The third-order valence-electron chi connectivity index (χ3n) is 2.76. The fraction of sp³-hybridized carbons (Fsp3) is 0.636. The van der Waals surface area contributed by atoms with Crippen molar-refractivity contribution in [1.29, 1.82) is 0 Å². The van der Waals surface area contributed by atoms with Crippen LogP contribution in [-0.4, -0.2) is 53.0 Å². The van der Waals surface area contributed by atoms with E-state index < -0.39 is 30.0 Å². The van der Waals surface area contributed by atoms with Gasteiger partial charge in [-0.15, -0.1) is 0 Å². The van der Waals surface area contributed by atoms with Crippen LogP contribution in [0.3, 0.4) is 0 Å². The Kier molecular flexibility index (Phi) is 6.29. The Bertz CT molecular complexity index is 415. The molecule has 1 saturated heterocycles. The number of amides is 4. The number of imide groups is 1. The largest absolute Gasteiger partial charge is 0.480 e. The lowest BCUT2D eigenvalue weighted by Gasteiger charge is -2.23. The minimum Gasteiger partial charge on any atom is -0.480 e. The fourth-order valence-corrected chi connectivity index (χ4v) is 2.15. The molecule has 9 heteroatoms. The quantitative estimate of drug-likeness (QED) is 0.481. The first kappa shape index (κ1) is 16.3. The summed E-state index contributed by atoms with van der Waals surface area (Å²) in [6, 6.07) is -2.55. The van der Waals surface area contributed by atoms with E-state index in [0.717, 1.165) is 0 Å². The van der Waals surface area contributed by atoms with E-state index in [9.17, 15) is 19.2 Å². The van der Waals surface area contributed by atoms with E-state index in [1.54, 1.807) is 0 Å². The van der Waals surface area contributed by atoms with Gasteiger partial charge in [0.25, 0.3) is 0 Å². The van der Waals surface area contributed by atoms with E-state index in [2.05, 4.69) is 16.0 Å². The Labute approximate surface area is 120 Å². The number of thioether (sulfide) groups is 1.